The first-order chi connectivity index (χ1) is 7.22. The standard InChI is InChI=1S/C11H18O4/c1-3-5-11(6-13-9-14-7-11)8-15-10(12)4-2/h4H,2-3,5-9H2,1H3. The van der Waals surface area contributed by atoms with E-state index in [0.717, 1.165) is 12.8 Å². The number of rotatable bonds is 5. The molecule has 1 aliphatic heterocycles. The molecule has 0 spiro atoms. The van der Waals surface area contributed by atoms with Gasteiger partial charge in [-0.25, -0.2) is 4.79 Å². The molecule has 0 aromatic carbocycles. The molecular formula is C11H18O4. The van der Waals surface area contributed by atoms with Gasteiger partial charge in [0.05, 0.1) is 18.6 Å². The Kier molecular flexibility index (Phi) is 4.78. The van der Waals surface area contributed by atoms with Crippen LogP contribution >= 0.6 is 0 Å². The average Bonchev–Trinajstić information content (AvgIpc) is 2.28. The summed E-state index contributed by atoms with van der Waals surface area (Å²) >= 11 is 0. The van der Waals surface area contributed by atoms with E-state index in [1.165, 1.54) is 6.08 Å². The smallest absolute Gasteiger partial charge is 0.330 e. The van der Waals surface area contributed by atoms with Crippen LogP contribution in [-0.4, -0.2) is 32.6 Å². The highest BCUT2D eigenvalue weighted by molar-refractivity contribution is 5.81. The van der Waals surface area contributed by atoms with Crippen molar-refractivity contribution in [1.82, 2.24) is 0 Å². The van der Waals surface area contributed by atoms with E-state index in [0.29, 0.717) is 26.6 Å². The van der Waals surface area contributed by atoms with Gasteiger partial charge in [0.25, 0.3) is 0 Å². The highest BCUT2D eigenvalue weighted by atomic mass is 16.7. The molecule has 0 N–H and O–H groups in total. The second kappa shape index (κ2) is 5.88. The molecule has 1 rings (SSSR count). The predicted octanol–water partition coefficient (Wildman–Crippen LogP) is 1.51. The van der Waals surface area contributed by atoms with Crippen LogP contribution in [0.2, 0.25) is 0 Å². The molecular weight excluding hydrogens is 196 g/mol. The summed E-state index contributed by atoms with van der Waals surface area (Å²) < 4.78 is 15.6. The second-order valence-corrected chi connectivity index (χ2v) is 3.88. The van der Waals surface area contributed by atoms with Gasteiger partial charge in [0, 0.05) is 6.08 Å². The number of carbonyl (C=O) groups excluding carboxylic acids is 1. The van der Waals surface area contributed by atoms with Gasteiger partial charge in [-0.1, -0.05) is 19.9 Å². The Bertz CT molecular complexity index is 213. The molecule has 1 heterocycles. The third-order valence-electron chi connectivity index (χ3n) is 2.45. The summed E-state index contributed by atoms with van der Waals surface area (Å²) in [5, 5.41) is 0. The topological polar surface area (TPSA) is 44.8 Å². The summed E-state index contributed by atoms with van der Waals surface area (Å²) in [6.45, 7) is 7.30. The Morgan fingerprint density at radius 3 is 2.73 bits per heavy atom. The molecule has 0 radical (unpaired) electrons. The second-order valence-electron chi connectivity index (χ2n) is 3.88. The first-order valence-corrected chi connectivity index (χ1v) is 5.17. The largest absolute Gasteiger partial charge is 0.462 e. The molecule has 86 valence electrons. The molecule has 4 nitrogen and oxygen atoms in total. The summed E-state index contributed by atoms with van der Waals surface area (Å²) in [7, 11) is 0. The van der Waals surface area contributed by atoms with Crippen LogP contribution in [0.15, 0.2) is 12.7 Å². The lowest BCUT2D eigenvalue weighted by Crippen LogP contribution is -2.41. The minimum Gasteiger partial charge on any atom is -0.462 e. The summed E-state index contributed by atoms with van der Waals surface area (Å²) in [4.78, 5) is 11.0. The molecule has 0 aliphatic carbocycles. The molecule has 1 aliphatic rings. The van der Waals surface area contributed by atoms with Gasteiger partial charge < -0.3 is 14.2 Å². The van der Waals surface area contributed by atoms with E-state index in [1.807, 2.05) is 0 Å². The summed E-state index contributed by atoms with van der Waals surface area (Å²) in [6, 6.07) is 0. The van der Waals surface area contributed by atoms with Crippen molar-refractivity contribution in [2.75, 3.05) is 26.6 Å². The summed E-state index contributed by atoms with van der Waals surface area (Å²) in [5.74, 6) is -0.393. The zero-order chi connectivity index (χ0) is 11.1. The lowest BCUT2D eigenvalue weighted by Gasteiger charge is -2.35. The zero-order valence-corrected chi connectivity index (χ0v) is 9.16. The van der Waals surface area contributed by atoms with E-state index in [9.17, 15) is 4.79 Å². The van der Waals surface area contributed by atoms with Crippen LogP contribution in [0.25, 0.3) is 0 Å². The average molecular weight is 214 g/mol. The Labute approximate surface area is 90.2 Å². The van der Waals surface area contributed by atoms with Crippen molar-refractivity contribution >= 4 is 5.97 Å². The van der Waals surface area contributed by atoms with Crippen LogP contribution < -0.4 is 0 Å². The van der Waals surface area contributed by atoms with Crippen molar-refractivity contribution in [2.24, 2.45) is 5.41 Å². The Balaban J connectivity index is 2.48. The Hall–Kier alpha value is -0.870. The van der Waals surface area contributed by atoms with Crippen LogP contribution in [0.1, 0.15) is 19.8 Å². The molecule has 15 heavy (non-hydrogen) atoms. The van der Waals surface area contributed by atoms with E-state index >= 15 is 0 Å². The van der Waals surface area contributed by atoms with E-state index < -0.39 is 5.97 Å². The minimum absolute atomic E-state index is 0.175. The normalized spacial score (nSPS) is 19.5. The first kappa shape index (κ1) is 12.2. The number of hydrogen-bond acceptors (Lipinski definition) is 4. The fourth-order valence-electron chi connectivity index (χ4n) is 1.73. The maximum atomic E-state index is 11.0. The van der Waals surface area contributed by atoms with Gasteiger partial charge in [-0.2, -0.15) is 0 Å². The van der Waals surface area contributed by atoms with Crippen LogP contribution in [-0.2, 0) is 19.0 Å². The molecule has 1 fully saturated rings. The monoisotopic (exact) mass is 214 g/mol. The number of esters is 1. The molecule has 0 aromatic rings. The number of carbonyl (C=O) groups is 1. The zero-order valence-electron chi connectivity index (χ0n) is 9.16. The lowest BCUT2D eigenvalue weighted by molar-refractivity contribution is -0.186. The fourth-order valence-corrected chi connectivity index (χ4v) is 1.73. The van der Waals surface area contributed by atoms with Gasteiger partial charge in [-0.15, -0.1) is 0 Å². The quantitative estimate of drug-likeness (QED) is 0.514. The summed E-state index contributed by atoms with van der Waals surface area (Å²) in [6.07, 6.45) is 3.11. The molecule has 0 atom stereocenters. The molecule has 0 amide bonds. The predicted molar refractivity (Wildman–Crippen MR) is 55.3 cm³/mol. The molecule has 0 unspecified atom stereocenters. The van der Waals surface area contributed by atoms with Crippen LogP contribution in [0.3, 0.4) is 0 Å². The van der Waals surface area contributed by atoms with Gasteiger partial charge in [0.2, 0.25) is 0 Å². The third kappa shape index (κ3) is 3.64. The third-order valence-corrected chi connectivity index (χ3v) is 2.45. The molecule has 1 saturated heterocycles. The molecule has 0 saturated carbocycles. The Morgan fingerprint density at radius 2 is 2.20 bits per heavy atom. The number of hydrogen-bond donors (Lipinski definition) is 0. The van der Waals surface area contributed by atoms with Crippen LogP contribution in [0.5, 0.6) is 0 Å². The van der Waals surface area contributed by atoms with Crippen molar-refractivity contribution in [3.8, 4) is 0 Å². The van der Waals surface area contributed by atoms with Gasteiger partial charge in [-0.3, -0.25) is 0 Å². The van der Waals surface area contributed by atoms with Gasteiger partial charge >= 0.3 is 5.97 Å². The van der Waals surface area contributed by atoms with Crippen molar-refractivity contribution < 1.29 is 19.0 Å². The van der Waals surface area contributed by atoms with Crippen molar-refractivity contribution in [1.29, 1.82) is 0 Å². The Morgan fingerprint density at radius 1 is 1.53 bits per heavy atom. The minimum atomic E-state index is -0.393. The van der Waals surface area contributed by atoms with E-state index in [4.69, 9.17) is 14.2 Å². The SMILES string of the molecule is C=CC(=O)OCC1(CCC)COCOC1. The molecule has 0 bridgehead atoms. The fraction of sp³-hybridized carbons (Fsp3) is 0.727. The van der Waals surface area contributed by atoms with Crippen LogP contribution in [0.4, 0.5) is 0 Å². The van der Waals surface area contributed by atoms with Crippen LogP contribution in [0, 0.1) is 5.41 Å². The van der Waals surface area contributed by atoms with Gasteiger partial charge in [0.1, 0.15) is 13.4 Å². The summed E-state index contributed by atoms with van der Waals surface area (Å²) in [5.41, 5.74) is -0.175. The maximum absolute atomic E-state index is 11.0. The molecule has 4 heteroatoms. The van der Waals surface area contributed by atoms with Crippen molar-refractivity contribution in [3.05, 3.63) is 12.7 Å². The van der Waals surface area contributed by atoms with Crippen molar-refractivity contribution in [2.45, 2.75) is 19.8 Å². The van der Waals surface area contributed by atoms with Gasteiger partial charge in [0.15, 0.2) is 0 Å². The van der Waals surface area contributed by atoms with E-state index in [2.05, 4.69) is 13.5 Å². The lowest BCUT2D eigenvalue weighted by atomic mass is 9.85. The van der Waals surface area contributed by atoms with Crippen molar-refractivity contribution in [3.63, 3.8) is 0 Å². The van der Waals surface area contributed by atoms with E-state index in [1.54, 1.807) is 0 Å². The molecule has 0 aromatic heterocycles. The highest BCUT2D eigenvalue weighted by Crippen LogP contribution is 2.28. The first-order valence-electron chi connectivity index (χ1n) is 5.17. The van der Waals surface area contributed by atoms with Gasteiger partial charge in [-0.05, 0) is 6.42 Å². The number of ether oxygens (including phenoxy) is 3. The highest BCUT2D eigenvalue weighted by Gasteiger charge is 2.34. The maximum Gasteiger partial charge on any atom is 0.330 e. The van der Waals surface area contributed by atoms with E-state index in [-0.39, 0.29) is 5.41 Å².